The van der Waals surface area contributed by atoms with E-state index in [-0.39, 0.29) is 11.6 Å². The Bertz CT molecular complexity index is 1320. The Labute approximate surface area is 214 Å². The van der Waals surface area contributed by atoms with Crippen LogP contribution in [-0.4, -0.2) is 51.6 Å². The van der Waals surface area contributed by atoms with Crippen molar-refractivity contribution in [1.82, 2.24) is 30.3 Å². The van der Waals surface area contributed by atoms with E-state index in [0.29, 0.717) is 29.6 Å². The Hall–Kier alpha value is -3.92. The van der Waals surface area contributed by atoms with Gasteiger partial charge in [0.15, 0.2) is 10.9 Å². The molecular weight excluding hydrogens is 476 g/mol. The number of carbonyl (C=O) groups is 1. The van der Waals surface area contributed by atoms with Gasteiger partial charge in [0.25, 0.3) is 5.91 Å². The molecule has 4 rings (SSSR count). The maximum absolute atomic E-state index is 13.1. The van der Waals surface area contributed by atoms with Crippen molar-refractivity contribution in [3.8, 4) is 17.2 Å². The van der Waals surface area contributed by atoms with E-state index in [9.17, 15) is 4.79 Å². The van der Waals surface area contributed by atoms with Crippen molar-refractivity contribution >= 4 is 17.7 Å². The van der Waals surface area contributed by atoms with Crippen LogP contribution in [0.3, 0.4) is 0 Å². The highest BCUT2D eigenvalue weighted by Crippen LogP contribution is 2.24. The van der Waals surface area contributed by atoms with Gasteiger partial charge in [0.1, 0.15) is 11.5 Å². The largest absolute Gasteiger partial charge is 0.497 e. The molecule has 0 bridgehead atoms. The first-order valence-corrected chi connectivity index (χ1v) is 12.4. The van der Waals surface area contributed by atoms with Gasteiger partial charge in [-0.15, -0.1) is 5.10 Å². The standard InChI is InChI=1S/C26H28N6O3S/c1-17-14-18(2)29-26(28-17)36-16-23-24(30-31-32(23)20-8-10-21(34-3)11-9-20)25(33)27-13-12-19-6-5-7-22(15-19)35-4/h5-11,14-15H,12-13,16H2,1-4H3,(H,27,33). The number of nitrogens with one attached hydrogen (secondary N) is 1. The molecule has 10 heteroatoms. The average Bonchev–Trinajstić information content (AvgIpc) is 3.31. The average molecular weight is 505 g/mol. The lowest BCUT2D eigenvalue weighted by molar-refractivity contribution is 0.0948. The van der Waals surface area contributed by atoms with Gasteiger partial charge in [0, 0.05) is 23.7 Å². The van der Waals surface area contributed by atoms with Crippen LogP contribution in [0.25, 0.3) is 5.69 Å². The number of aryl methyl sites for hydroxylation is 2. The highest BCUT2D eigenvalue weighted by molar-refractivity contribution is 7.98. The van der Waals surface area contributed by atoms with Gasteiger partial charge in [-0.05, 0) is 68.3 Å². The molecule has 0 saturated heterocycles. The number of nitrogens with zero attached hydrogens (tertiary/aromatic N) is 5. The number of methoxy groups -OCH3 is 2. The summed E-state index contributed by atoms with van der Waals surface area (Å²) in [7, 11) is 3.25. The van der Waals surface area contributed by atoms with E-state index in [1.807, 2.05) is 68.4 Å². The van der Waals surface area contributed by atoms with Crippen LogP contribution >= 0.6 is 11.8 Å². The van der Waals surface area contributed by atoms with E-state index in [2.05, 4.69) is 25.6 Å². The molecule has 2 aromatic carbocycles. The topological polar surface area (TPSA) is 104 Å². The van der Waals surface area contributed by atoms with Crippen LogP contribution in [0.1, 0.15) is 33.1 Å². The Balaban J connectivity index is 1.54. The fourth-order valence-electron chi connectivity index (χ4n) is 3.66. The second-order valence-corrected chi connectivity index (χ2v) is 9.02. The molecule has 0 radical (unpaired) electrons. The Morgan fingerprint density at radius 2 is 1.69 bits per heavy atom. The van der Waals surface area contributed by atoms with Crippen LogP contribution in [0, 0.1) is 13.8 Å². The second-order valence-electron chi connectivity index (χ2n) is 8.07. The molecule has 36 heavy (non-hydrogen) atoms. The summed E-state index contributed by atoms with van der Waals surface area (Å²) >= 11 is 1.44. The highest BCUT2D eigenvalue weighted by atomic mass is 32.2. The summed E-state index contributed by atoms with van der Waals surface area (Å²) in [6.07, 6.45) is 0.663. The van der Waals surface area contributed by atoms with Gasteiger partial charge in [0.05, 0.1) is 25.6 Å². The predicted octanol–water partition coefficient (Wildman–Crippen LogP) is 3.96. The Kier molecular flexibility index (Phi) is 8.17. The fourth-order valence-corrected chi connectivity index (χ4v) is 4.60. The number of benzene rings is 2. The van der Waals surface area contributed by atoms with Crippen molar-refractivity contribution in [3.63, 3.8) is 0 Å². The maximum Gasteiger partial charge on any atom is 0.273 e. The van der Waals surface area contributed by atoms with Crippen LogP contribution < -0.4 is 14.8 Å². The third-order valence-corrected chi connectivity index (χ3v) is 6.29. The van der Waals surface area contributed by atoms with Crippen LogP contribution in [0.2, 0.25) is 0 Å². The Morgan fingerprint density at radius 1 is 0.972 bits per heavy atom. The van der Waals surface area contributed by atoms with Gasteiger partial charge in [-0.25, -0.2) is 14.6 Å². The lowest BCUT2D eigenvalue weighted by Crippen LogP contribution is -2.27. The predicted molar refractivity (Wildman–Crippen MR) is 138 cm³/mol. The van der Waals surface area contributed by atoms with E-state index >= 15 is 0 Å². The molecule has 0 spiro atoms. The van der Waals surface area contributed by atoms with Crippen LogP contribution in [0.5, 0.6) is 11.5 Å². The number of ether oxygens (including phenoxy) is 2. The lowest BCUT2D eigenvalue weighted by Gasteiger charge is -2.10. The molecule has 1 amide bonds. The summed E-state index contributed by atoms with van der Waals surface area (Å²) in [5, 5.41) is 12.1. The third-order valence-electron chi connectivity index (χ3n) is 5.43. The van der Waals surface area contributed by atoms with Crippen molar-refractivity contribution in [3.05, 3.63) is 82.9 Å². The second kappa shape index (κ2) is 11.7. The molecule has 2 heterocycles. The van der Waals surface area contributed by atoms with Crippen LogP contribution in [0.4, 0.5) is 0 Å². The van der Waals surface area contributed by atoms with Crippen LogP contribution in [-0.2, 0) is 12.2 Å². The first-order chi connectivity index (χ1) is 17.5. The molecule has 2 aromatic heterocycles. The van der Waals surface area contributed by atoms with E-state index < -0.39 is 0 Å². The zero-order chi connectivity index (χ0) is 25.5. The van der Waals surface area contributed by atoms with Gasteiger partial charge in [0.2, 0.25) is 0 Å². The SMILES string of the molecule is COc1ccc(-n2nnc(C(=O)NCCc3cccc(OC)c3)c2CSc2nc(C)cc(C)n2)cc1. The summed E-state index contributed by atoms with van der Waals surface area (Å²) in [4.78, 5) is 22.1. The third kappa shape index (κ3) is 6.19. The molecule has 0 unspecified atom stereocenters. The monoisotopic (exact) mass is 504 g/mol. The van der Waals surface area contributed by atoms with Gasteiger partial charge >= 0.3 is 0 Å². The molecule has 0 saturated carbocycles. The molecule has 0 aliphatic heterocycles. The molecular formula is C26H28N6O3S. The maximum atomic E-state index is 13.1. The van der Waals surface area contributed by atoms with Crippen molar-refractivity contribution in [2.75, 3.05) is 20.8 Å². The van der Waals surface area contributed by atoms with E-state index in [0.717, 1.165) is 34.1 Å². The summed E-state index contributed by atoms with van der Waals surface area (Å²) in [5.74, 6) is 1.65. The normalized spacial score (nSPS) is 10.8. The summed E-state index contributed by atoms with van der Waals surface area (Å²) < 4.78 is 12.2. The number of aromatic nitrogens is 5. The fraction of sp³-hybridized carbons (Fsp3) is 0.269. The van der Waals surface area contributed by atoms with Gasteiger partial charge < -0.3 is 14.8 Å². The minimum Gasteiger partial charge on any atom is -0.497 e. The highest BCUT2D eigenvalue weighted by Gasteiger charge is 2.21. The smallest absolute Gasteiger partial charge is 0.273 e. The summed E-state index contributed by atoms with van der Waals surface area (Å²) in [6.45, 7) is 4.32. The minimum absolute atomic E-state index is 0.272. The summed E-state index contributed by atoms with van der Waals surface area (Å²) in [5.41, 5.74) is 4.56. The number of rotatable bonds is 10. The number of carbonyl (C=O) groups excluding carboxylic acids is 1. The molecule has 4 aromatic rings. The number of hydrogen-bond donors (Lipinski definition) is 1. The van der Waals surface area contributed by atoms with Gasteiger partial charge in [-0.2, -0.15) is 0 Å². The van der Waals surface area contributed by atoms with Crippen molar-refractivity contribution in [2.45, 2.75) is 31.2 Å². The summed E-state index contributed by atoms with van der Waals surface area (Å²) in [6, 6.07) is 17.1. The molecule has 0 atom stereocenters. The van der Waals surface area contributed by atoms with Gasteiger partial charge in [-0.3, -0.25) is 4.79 Å². The quantitative estimate of drug-likeness (QED) is 0.256. The van der Waals surface area contributed by atoms with Gasteiger partial charge in [-0.1, -0.05) is 29.1 Å². The molecule has 9 nitrogen and oxygen atoms in total. The molecule has 0 fully saturated rings. The van der Waals surface area contributed by atoms with Crippen molar-refractivity contribution in [2.24, 2.45) is 0 Å². The first-order valence-electron chi connectivity index (χ1n) is 11.4. The zero-order valence-corrected chi connectivity index (χ0v) is 21.5. The number of amides is 1. The Morgan fingerprint density at radius 3 is 2.39 bits per heavy atom. The lowest BCUT2D eigenvalue weighted by atomic mass is 10.1. The van der Waals surface area contributed by atoms with E-state index in [4.69, 9.17) is 9.47 Å². The molecule has 0 aliphatic carbocycles. The minimum atomic E-state index is -0.283. The molecule has 0 aliphatic rings. The number of hydrogen-bond acceptors (Lipinski definition) is 8. The zero-order valence-electron chi connectivity index (χ0n) is 20.7. The molecule has 1 N–H and O–H groups in total. The van der Waals surface area contributed by atoms with Crippen molar-refractivity contribution < 1.29 is 14.3 Å². The first kappa shape index (κ1) is 25.2. The van der Waals surface area contributed by atoms with Crippen LogP contribution in [0.15, 0.2) is 59.8 Å². The van der Waals surface area contributed by atoms with E-state index in [1.165, 1.54) is 11.8 Å². The number of thioether (sulfide) groups is 1. The molecule has 186 valence electrons. The van der Waals surface area contributed by atoms with E-state index in [1.54, 1.807) is 18.9 Å². The van der Waals surface area contributed by atoms with Crippen molar-refractivity contribution in [1.29, 1.82) is 0 Å².